The van der Waals surface area contributed by atoms with E-state index in [0.29, 0.717) is 11.6 Å². The van der Waals surface area contributed by atoms with Crippen molar-refractivity contribution in [2.45, 2.75) is 0 Å². The van der Waals surface area contributed by atoms with Crippen LogP contribution in [0.4, 0.5) is 5.82 Å². The van der Waals surface area contributed by atoms with Crippen molar-refractivity contribution >= 4 is 11.8 Å². The van der Waals surface area contributed by atoms with Crippen LogP contribution >= 0.6 is 0 Å². The third kappa shape index (κ3) is 1.87. The topological polar surface area (TPSA) is 74.4 Å². The molecule has 1 aromatic heterocycles. The predicted molar refractivity (Wildman–Crippen MR) is 46.5 cm³/mol. The number of carbonyl (C=O) groups is 1. The molecule has 0 bridgehead atoms. The summed E-state index contributed by atoms with van der Waals surface area (Å²) in [5.74, 6) is 0.160. The SMILES string of the molecule is COC(=O)c1cnc(N)cc1OC. The van der Waals surface area contributed by atoms with Crippen molar-refractivity contribution in [2.24, 2.45) is 0 Å². The number of pyridine rings is 1. The number of aromatic nitrogens is 1. The van der Waals surface area contributed by atoms with Gasteiger partial charge in [0, 0.05) is 12.3 Å². The van der Waals surface area contributed by atoms with Crippen LogP contribution in [-0.2, 0) is 4.74 Å². The molecule has 0 spiro atoms. The molecule has 0 radical (unpaired) electrons. The standard InChI is InChI=1S/C8H10N2O3/c1-12-6-3-7(9)10-4-5(6)8(11)13-2/h3-4H,1-2H3,(H2,9,10). The average Bonchev–Trinajstić information content (AvgIpc) is 2.16. The summed E-state index contributed by atoms with van der Waals surface area (Å²) in [5, 5.41) is 0. The number of nitrogens with zero attached hydrogens (tertiary/aromatic N) is 1. The van der Waals surface area contributed by atoms with Gasteiger partial charge in [-0.1, -0.05) is 0 Å². The number of nitrogens with two attached hydrogens (primary N) is 1. The van der Waals surface area contributed by atoms with E-state index in [1.54, 1.807) is 0 Å². The number of carbonyl (C=O) groups excluding carboxylic acids is 1. The summed E-state index contributed by atoms with van der Waals surface area (Å²) in [6.45, 7) is 0. The summed E-state index contributed by atoms with van der Waals surface area (Å²) in [7, 11) is 2.74. The van der Waals surface area contributed by atoms with E-state index in [1.807, 2.05) is 0 Å². The fourth-order valence-electron chi connectivity index (χ4n) is 0.884. The van der Waals surface area contributed by atoms with Crippen LogP contribution in [-0.4, -0.2) is 25.2 Å². The highest BCUT2D eigenvalue weighted by molar-refractivity contribution is 5.92. The molecular formula is C8H10N2O3. The van der Waals surface area contributed by atoms with Crippen LogP contribution in [0.5, 0.6) is 5.75 Å². The van der Waals surface area contributed by atoms with Gasteiger partial charge in [0.15, 0.2) is 0 Å². The summed E-state index contributed by atoms with van der Waals surface area (Å²) < 4.78 is 9.45. The van der Waals surface area contributed by atoms with Crippen LogP contribution in [0, 0.1) is 0 Å². The van der Waals surface area contributed by atoms with Crippen molar-refractivity contribution in [1.29, 1.82) is 0 Å². The monoisotopic (exact) mass is 182 g/mol. The van der Waals surface area contributed by atoms with Crippen LogP contribution in [0.15, 0.2) is 12.3 Å². The molecule has 0 aliphatic carbocycles. The van der Waals surface area contributed by atoms with Gasteiger partial charge in [0.2, 0.25) is 0 Å². The second-order valence-electron chi connectivity index (χ2n) is 2.30. The molecule has 0 aliphatic heterocycles. The highest BCUT2D eigenvalue weighted by atomic mass is 16.5. The number of rotatable bonds is 2. The quantitative estimate of drug-likeness (QED) is 0.672. The number of ether oxygens (including phenoxy) is 2. The number of nitrogen functional groups attached to an aromatic ring is 1. The highest BCUT2D eigenvalue weighted by Gasteiger charge is 2.12. The Kier molecular flexibility index (Phi) is 2.69. The Bertz CT molecular complexity index is 325. The van der Waals surface area contributed by atoms with Crippen LogP contribution in [0.1, 0.15) is 10.4 Å². The molecule has 0 saturated carbocycles. The highest BCUT2D eigenvalue weighted by Crippen LogP contribution is 2.19. The molecule has 0 unspecified atom stereocenters. The number of esters is 1. The van der Waals surface area contributed by atoms with Crippen molar-refractivity contribution in [1.82, 2.24) is 4.98 Å². The first-order valence-corrected chi connectivity index (χ1v) is 3.57. The maximum Gasteiger partial charge on any atom is 0.343 e. The largest absolute Gasteiger partial charge is 0.496 e. The van der Waals surface area contributed by atoms with Crippen LogP contribution in [0.3, 0.4) is 0 Å². The van der Waals surface area contributed by atoms with Crippen LogP contribution in [0.2, 0.25) is 0 Å². The van der Waals surface area contributed by atoms with Crippen LogP contribution < -0.4 is 10.5 Å². The molecular weight excluding hydrogens is 172 g/mol. The van der Waals surface area contributed by atoms with E-state index in [9.17, 15) is 4.79 Å². The van der Waals surface area contributed by atoms with Gasteiger partial charge in [0.25, 0.3) is 0 Å². The molecule has 5 nitrogen and oxygen atoms in total. The lowest BCUT2D eigenvalue weighted by Crippen LogP contribution is -2.05. The lowest BCUT2D eigenvalue weighted by molar-refractivity contribution is 0.0596. The van der Waals surface area contributed by atoms with E-state index in [1.165, 1.54) is 26.5 Å². The van der Waals surface area contributed by atoms with Gasteiger partial charge in [0.05, 0.1) is 14.2 Å². The van der Waals surface area contributed by atoms with Crippen molar-refractivity contribution < 1.29 is 14.3 Å². The predicted octanol–water partition coefficient (Wildman–Crippen LogP) is 0.459. The zero-order valence-electron chi connectivity index (χ0n) is 7.40. The fraction of sp³-hybridized carbons (Fsp3) is 0.250. The summed E-state index contributed by atoms with van der Waals surface area (Å²) in [5.41, 5.74) is 5.66. The molecule has 1 rings (SSSR count). The second kappa shape index (κ2) is 3.75. The first-order chi connectivity index (χ1) is 6.19. The molecule has 0 amide bonds. The number of hydrogen-bond donors (Lipinski definition) is 1. The van der Waals surface area contributed by atoms with Gasteiger partial charge in [-0.05, 0) is 0 Å². The van der Waals surface area contributed by atoms with Gasteiger partial charge in [0.1, 0.15) is 17.1 Å². The Balaban J connectivity index is 3.13. The maximum absolute atomic E-state index is 11.1. The number of methoxy groups -OCH3 is 2. The molecule has 0 saturated heterocycles. The lowest BCUT2D eigenvalue weighted by atomic mass is 10.2. The number of anilines is 1. The van der Waals surface area contributed by atoms with Gasteiger partial charge in [-0.3, -0.25) is 0 Å². The first kappa shape index (κ1) is 9.31. The minimum atomic E-state index is -0.496. The van der Waals surface area contributed by atoms with Crippen molar-refractivity contribution in [3.8, 4) is 5.75 Å². The average molecular weight is 182 g/mol. The Labute approximate surface area is 75.5 Å². The Morgan fingerprint density at radius 3 is 2.77 bits per heavy atom. The molecule has 70 valence electrons. The second-order valence-corrected chi connectivity index (χ2v) is 2.30. The van der Waals surface area contributed by atoms with Crippen molar-refractivity contribution in [2.75, 3.05) is 20.0 Å². The minimum Gasteiger partial charge on any atom is -0.496 e. The zero-order valence-corrected chi connectivity index (χ0v) is 7.40. The fourth-order valence-corrected chi connectivity index (χ4v) is 0.884. The summed E-state index contributed by atoms with van der Waals surface area (Å²) in [6, 6.07) is 1.46. The van der Waals surface area contributed by atoms with E-state index in [2.05, 4.69) is 9.72 Å². The van der Waals surface area contributed by atoms with Gasteiger partial charge < -0.3 is 15.2 Å². The first-order valence-electron chi connectivity index (χ1n) is 3.57. The van der Waals surface area contributed by atoms with E-state index in [0.717, 1.165) is 0 Å². The molecule has 0 fully saturated rings. The smallest absolute Gasteiger partial charge is 0.343 e. The van der Waals surface area contributed by atoms with Gasteiger partial charge >= 0.3 is 5.97 Å². The van der Waals surface area contributed by atoms with E-state index >= 15 is 0 Å². The molecule has 0 aliphatic rings. The van der Waals surface area contributed by atoms with Crippen LogP contribution in [0.25, 0.3) is 0 Å². The van der Waals surface area contributed by atoms with Crippen molar-refractivity contribution in [3.63, 3.8) is 0 Å². The molecule has 1 aromatic rings. The van der Waals surface area contributed by atoms with Gasteiger partial charge in [-0.15, -0.1) is 0 Å². The minimum absolute atomic E-state index is 0.263. The number of hydrogen-bond acceptors (Lipinski definition) is 5. The Hall–Kier alpha value is -1.78. The molecule has 2 N–H and O–H groups in total. The van der Waals surface area contributed by atoms with Gasteiger partial charge in [-0.2, -0.15) is 0 Å². The summed E-state index contributed by atoms with van der Waals surface area (Å²) in [6.07, 6.45) is 1.32. The Morgan fingerprint density at radius 1 is 1.54 bits per heavy atom. The summed E-state index contributed by atoms with van der Waals surface area (Å²) in [4.78, 5) is 14.9. The van der Waals surface area contributed by atoms with E-state index < -0.39 is 5.97 Å². The van der Waals surface area contributed by atoms with E-state index in [4.69, 9.17) is 10.5 Å². The molecule has 0 atom stereocenters. The molecule has 0 aromatic carbocycles. The molecule has 1 heterocycles. The third-order valence-electron chi connectivity index (χ3n) is 1.51. The normalized spacial score (nSPS) is 9.38. The zero-order chi connectivity index (χ0) is 9.84. The van der Waals surface area contributed by atoms with Gasteiger partial charge in [-0.25, -0.2) is 9.78 Å². The molecule has 5 heteroatoms. The Morgan fingerprint density at radius 2 is 2.23 bits per heavy atom. The lowest BCUT2D eigenvalue weighted by Gasteiger charge is -2.05. The summed E-state index contributed by atoms with van der Waals surface area (Å²) >= 11 is 0. The van der Waals surface area contributed by atoms with Crippen molar-refractivity contribution in [3.05, 3.63) is 17.8 Å². The molecule has 13 heavy (non-hydrogen) atoms. The van der Waals surface area contributed by atoms with E-state index in [-0.39, 0.29) is 5.56 Å². The maximum atomic E-state index is 11.1. The third-order valence-corrected chi connectivity index (χ3v) is 1.51.